The number of nitrogens with two attached hydrogens (primary N) is 1. The van der Waals surface area contributed by atoms with E-state index in [1.165, 1.54) is 11.3 Å². The van der Waals surface area contributed by atoms with Crippen molar-refractivity contribution in [3.05, 3.63) is 57.6 Å². The van der Waals surface area contributed by atoms with Gasteiger partial charge in [-0.3, -0.25) is 0 Å². The second-order valence-electron chi connectivity index (χ2n) is 9.18. The van der Waals surface area contributed by atoms with Crippen molar-refractivity contribution in [2.45, 2.75) is 44.6 Å². The molecule has 1 atom stereocenters. The van der Waals surface area contributed by atoms with Gasteiger partial charge in [-0.2, -0.15) is 0 Å². The van der Waals surface area contributed by atoms with Gasteiger partial charge in [-0.05, 0) is 81.7 Å². The van der Waals surface area contributed by atoms with Crippen molar-refractivity contribution in [1.82, 2.24) is 10.2 Å². The third-order valence-corrected chi connectivity index (χ3v) is 6.44. The quantitative estimate of drug-likeness (QED) is 0.155. The van der Waals surface area contributed by atoms with Crippen molar-refractivity contribution in [2.24, 2.45) is 0 Å². The van der Waals surface area contributed by atoms with Gasteiger partial charge in [-0.25, -0.2) is 0 Å². The summed E-state index contributed by atoms with van der Waals surface area (Å²) in [6.45, 7) is 4.92. The van der Waals surface area contributed by atoms with E-state index in [0.29, 0.717) is 27.8 Å². The molecule has 0 aliphatic heterocycles. The molecule has 5 N–H and O–H groups in total. The van der Waals surface area contributed by atoms with E-state index < -0.39 is 6.10 Å². The molecule has 0 aromatic heterocycles. The Kier molecular flexibility index (Phi) is 14.4. The molecule has 0 aliphatic carbocycles. The molecule has 196 valence electrons. The van der Waals surface area contributed by atoms with E-state index in [0.717, 1.165) is 71.4 Å². The first-order valence-corrected chi connectivity index (χ1v) is 13.3. The zero-order valence-electron chi connectivity index (χ0n) is 21.2. The lowest BCUT2D eigenvalue weighted by molar-refractivity contribution is 0.127. The maximum Gasteiger partial charge on any atom is 0.0915 e. The summed E-state index contributed by atoms with van der Waals surface area (Å²) < 4.78 is 5.79. The van der Waals surface area contributed by atoms with Crippen LogP contribution < -0.4 is 16.4 Å². The van der Waals surface area contributed by atoms with Crippen LogP contribution in [0.1, 0.15) is 49.3 Å². The van der Waals surface area contributed by atoms with Crippen molar-refractivity contribution in [3.8, 4) is 0 Å². The standard InChI is InChI=1S/C27H42Cl2N4O2/c1-33(2)15-14-32-23-11-9-21(10-12-23)8-7-17-35-16-6-4-3-5-13-31-20-26(34)22-18-24(28)27(30)25(29)19-22/h9-12,18-19,26,31-32,34H,3-8,13-17,20,30H2,1-2H3. The lowest BCUT2D eigenvalue weighted by atomic mass is 10.1. The number of nitrogens with one attached hydrogen (secondary N) is 2. The Balaban J connectivity index is 1.42. The summed E-state index contributed by atoms with van der Waals surface area (Å²) >= 11 is 12.1. The van der Waals surface area contributed by atoms with Crippen LogP contribution >= 0.6 is 23.2 Å². The van der Waals surface area contributed by atoms with Gasteiger partial charge in [0.1, 0.15) is 0 Å². The highest BCUT2D eigenvalue weighted by atomic mass is 35.5. The van der Waals surface area contributed by atoms with E-state index in [1.54, 1.807) is 12.1 Å². The molecule has 0 saturated carbocycles. The summed E-state index contributed by atoms with van der Waals surface area (Å²) in [5.74, 6) is 0. The lowest BCUT2D eigenvalue weighted by Crippen LogP contribution is -2.22. The van der Waals surface area contributed by atoms with Gasteiger partial charge in [-0.1, -0.05) is 48.2 Å². The number of anilines is 2. The number of aryl methyl sites for hydroxylation is 1. The van der Waals surface area contributed by atoms with Crippen molar-refractivity contribution < 1.29 is 9.84 Å². The highest BCUT2D eigenvalue weighted by Crippen LogP contribution is 2.31. The topological polar surface area (TPSA) is 82.8 Å². The molecule has 6 nitrogen and oxygen atoms in total. The summed E-state index contributed by atoms with van der Waals surface area (Å²) in [4.78, 5) is 2.17. The number of aliphatic hydroxyl groups is 1. The predicted molar refractivity (Wildman–Crippen MR) is 150 cm³/mol. The van der Waals surface area contributed by atoms with Crippen LogP contribution in [0.5, 0.6) is 0 Å². The number of nitrogen functional groups attached to an aromatic ring is 1. The van der Waals surface area contributed by atoms with Crippen molar-refractivity contribution >= 4 is 34.6 Å². The van der Waals surface area contributed by atoms with Crippen LogP contribution in [0, 0.1) is 0 Å². The molecule has 0 bridgehead atoms. The first-order chi connectivity index (χ1) is 16.9. The molecule has 0 amide bonds. The van der Waals surface area contributed by atoms with Crippen molar-refractivity contribution in [2.75, 3.05) is 64.5 Å². The molecule has 0 fully saturated rings. The molecular weight excluding hydrogens is 483 g/mol. The summed E-state index contributed by atoms with van der Waals surface area (Å²) in [7, 11) is 4.16. The third-order valence-electron chi connectivity index (χ3n) is 5.81. The number of halogens is 2. The maximum absolute atomic E-state index is 10.3. The fraction of sp³-hybridized carbons (Fsp3) is 0.556. The molecule has 2 rings (SSSR count). The smallest absolute Gasteiger partial charge is 0.0915 e. The van der Waals surface area contributed by atoms with Gasteiger partial charge in [0.15, 0.2) is 0 Å². The molecule has 0 heterocycles. The van der Waals surface area contributed by atoms with Gasteiger partial charge in [0.05, 0.1) is 21.8 Å². The number of hydrogen-bond acceptors (Lipinski definition) is 6. The largest absolute Gasteiger partial charge is 0.396 e. The highest BCUT2D eigenvalue weighted by Gasteiger charge is 2.11. The van der Waals surface area contributed by atoms with Crippen LogP contribution in [0.25, 0.3) is 0 Å². The van der Waals surface area contributed by atoms with E-state index in [1.807, 2.05) is 0 Å². The lowest BCUT2D eigenvalue weighted by Gasteiger charge is -2.14. The molecule has 0 spiro atoms. The first kappa shape index (κ1) is 29.7. The Hall–Kier alpha value is -1.54. The van der Waals surface area contributed by atoms with E-state index >= 15 is 0 Å². The minimum Gasteiger partial charge on any atom is -0.396 e. The molecule has 8 heteroatoms. The fourth-order valence-electron chi connectivity index (χ4n) is 3.65. The molecular formula is C27H42Cl2N4O2. The minimum absolute atomic E-state index is 0.343. The average Bonchev–Trinajstić information content (AvgIpc) is 2.83. The minimum atomic E-state index is -0.665. The van der Waals surface area contributed by atoms with Crippen LogP contribution in [-0.4, -0.2) is 63.5 Å². The van der Waals surface area contributed by atoms with Crippen molar-refractivity contribution in [1.29, 1.82) is 0 Å². The molecule has 0 saturated heterocycles. The Morgan fingerprint density at radius 2 is 1.60 bits per heavy atom. The van der Waals surface area contributed by atoms with Gasteiger partial charge in [0, 0.05) is 38.5 Å². The fourth-order valence-corrected chi connectivity index (χ4v) is 4.16. The van der Waals surface area contributed by atoms with Crippen LogP contribution in [0.15, 0.2) is 36.4 Å². The summed E-state index contributed by atoms with van der Waals surface area (Å²) in [5, 5.41) is 17.8. The highest BCUT2D eigenvalue weighted by molar-refractivity contribution is 6.38. The zero-order chi connectivity index (χ0) is 25.5. The second kappa shape index (κ2) is 17.0. The summed E-state index contributed by atoms with van der Waals surface area (Å²) in [5.41, 5.74) is 9.28. The average molecular weight is 526 g/mol. The number of benzene rings is 2. The van der Waals surface area contributed by atoms with Gasteiger partial charge in [0.25, 0.3) is 0 Å². The molecule has 2 aromatic rings. The number of nitrogens with zero attached hydrogens (tertiary/aromatic N) is 1. The maximum atomic E-state index is 10.3. The number of likely N-dealkylation sites (N-methyl/N-ethyl adjacent to an activating group) is 1. The van der Waals surface area contributed by atoms with E-state index in [-0.39, 0.29) is 0 Å². The second-order valence-corrected chi connectivity index (χ2v) is 9.99. The summed E-state index contributed by atoms with van der Waals surface area (Å²) in [6, 6.07) is 12.0. The Bertz CT molecular complexity index is 827. The number of unbranched alkanes of at least 4 members (excludes halogenated alkanes) is 3. The monoisotopic (exact) mass is 524 g/mol. The van der Waals surface area contributed by atoms with Gasteiger partial charge in [-0.15, -0.1) is 0 Å². The van der Waals surface area contributed by atoms with Crippen LogP contribution in [0.4, 0.5) is 11.4 Å². The first-order valence-electron chi connectivity index (χ1n) is 12.6. The molecule has 1 unspecified atom stereocenters. The Labute approximate surface area is 221 Å². The SMILES string of the molecule is CN(C)CCNc1ccc(CCCOCCCCCCNCC(O)c2cc(Cl)c(N)c(Cl)c2)cc1. The molecule has 0 radical (unpaired) electrons. The predicted octanol–water partition coefficient (Wildman–Crippen LogP) is 5.38. The number of ether oxygens (including phenoxy) is 1. The van der Waals surface area contributed by atoms with E-state index in [9.17, 15) is 5.11 Å². The molecule has 35 heavy (non-hydrogen) atoms. The number of aliphatic hydroxyl groups excluding tert-OH is 1. The molecule has 0 aliphatic rings. The third kappa shape index (κ3) is 12.3. The van der Waals surface area contributed by atoms with Gasteiger partial charge >= 0.3 is 0 Å². The van der Waals surface area contributed by atoms with Crippen LogP contribution in [0.2, 0.25) is 10.0 Å². The van der Waals surface area contributed by atoms with Crippen LogP contribution in [0.3, 0.4) is 0 Å². The van der Waals surface area contributed by atoms with E-state index in [4.69, 9.17) is 33.7 Å². The van der Waals surface area contributed by atoms with Crippen molar-refractivity contribution in [3.63, 3.8) is 0 Å². The van der Waals surface area contributed by atoms with Crippen LogP contribution in [-0.2, 0) is 11.2 Å². The zero-order valence-corrected chi connectivity index (χ0v) is 22.7. The van der Waals surface area contributed by atoms with Gasteiger partial charge < -0.3 is 31.1 Å². The number of hydrogen-bond donors (Lipinski definition) is 4. The van der Waals surface area contributed by atoms with Gasteiger partial charge in [0.2, 0.25) is 0 Å². The molecule has 2 aromatic carbocycles. The summed E-state index contributed by atoms with van der Waals surface area (Å²) in [6.07, 6.45) is 5.86. The Morgan fingerprint density at radius 3 is 2.29 bits per heavy atom. The normalized spacial score (nSPS) is 12.3. The number of rotatable bonds is 18. The van der Waals surface area contributed by atoms with E-state index in [2.05, 4.69) is 53.9 Å². The Morgan fingerprint density at radius 1 is 0.943 bits per heavy atom.